The van der Waals surface area contributed by atoms with Crippen molar-refractivity contribution in [3.63, 3.8) is 0 Å². The highest BCUT2D eigenvalue weighted by Gasteiger charge is 1.86. The molecule has 0 heterocycles. The van der Waals surface area contributed by atoms with E-state index in [9.17, 15) is 0 Å². The van der Waals surface area contributed by atoms with Gasteiger partial charge in [0, 0.05) is 12.2 Å². The molecular weight excluding hydrogens is 252 g/mol. The van der Waals surface area contributed by atoms with Gasteiger partial charge in [-0.25, -0.2) is 0 Å². The van der Waals surface area contributed by atoms with E-state index in [0.29, 0.717) is 0 Å². The lowest BCUT2D eigenvalue weighted by molar-refractivity contribution is 0.801. The zero-order chi connectivity index (χ0) is 11.5. The van der Waals surface area contributed by atoms with Gasteiger partial charge in [0.25, 0.3) is 0 Å². The minimum Gasteiger partial charge on any atom is -0.301 e. The van der Waals surface area contributed by atoms with Crippen LogP contribution in [0.15, 0.2) is 47.1 Å². The van der Waals surface area contributed by atoms with Crippen molar-refractivity contribution < 1.29 is 0 Å². The first-order valence-electron chi connectivity index (χ1n) is 4.47. The largest absolute Gasteiger partial charge is 0.301 e. The number of rotatable bonds is 6. The summed E-state index contributed by atoms with van der Waals surface area (Å²) in [5.74, 6) is 0. The second-order valence-corrected chi connectivity index (χ2v) is 3.97. The zero-order valence-electron chi connectivity index (χ0n) is 8.76. The van der Waals surface area contributed by atoms with Crippen LogP contribution in [0, 0.1) is 12.5 Å². The Morgan fingerprint density at radius 1 is 1.53 bits per heavy atom. The summed E-state index contributed by atoms with van der Waals surface area (Å²) in [5.41, 5.74) is 6.38. The van der Waals surface area contributed by atoms with Crippen molar-refractivity contribution in [3.8, 4) is 12.5 Å². The van der Waals surface area contributed by atoms with Gasteiger partial charge in [0.05, 0.1) is 0 Å². The second-order valence-electron chi connectivity index (χ2n) is 2.72. The maximum atomic E-state index is 4.98. The topological polar surface area (TPSA) is 24.1 Å². The van der Waals surface area contributed by atoms with Crippen LogP contribution in [-0.2, 0) is 0 Å². The SMILES string of the molecule is C#CNN/C=C\C/C(C=C)=C/C=C(\C)Br. The number of halogens is 1. The molecule has 0 saturated heterocycles. The highest BCUT2D eigenvalue weighted by Crippen LogP contribution is 2.07. The number of hydrogen-bond donors (Lipinski definition) is 2. The van der Waals surface area contributed by atoms with E-state index in [-0.39, 0.29) is 0 Å². The molecule has 0 rings (SSSR count). The number of allylic oxidation sites excluding steroid dienone is 6. The second kappa shape index (κ2) is 9.17. The van der Waals surface area contributed by atoms with Crippen LogP contribution in [0.1, 0.15) is 13.3 Å². The molecule has 15 heavy (non-hydrogen) atoms. The van der Waals surface area contributed by atoms with E-state index in [1.165, 1.54) is 0 Å². The Bertz CT molecular complexity index is 315. The molecule has 0 aliphatic carbocycles. The number of terminal acetylenes is 1. The van der Waals surface area contributed by atoms with E-state index in [1.807, 2.05) is 31.2 Å². The van der Waals surface area contributed by atoms with Crippen LogP contribution < -0.4 is 10.9 Å². The molecule has 2 nitrogen and oxygen atoms in total. The van der Waals surface area contributed by atoms with Crippen LogP contribution in [0.2, 0.25) is 0 Å². The zero-order valence-corrected chi connectivity index (χ0v) is 10.3. The number of hydrazine groups is 1. The van der Waals surface area contributed by atoms with Gasteiger partial charge in [0.1, 0.15) is 0 Å². The van der Waals surface area contributed by atoms with Gasteiger partial charge in [0.2, 0.25) is 0 Å². The average molecular weight is 267 g/mol. The predicted octanol–water partition coefficient (Wildman–Crippen LogP) is 2.99. The molecule has 0 atom stereocenters. The normalized spacial score (nSPS) is 12.3. The Morgan fingerprint density at radius 2 is 2.27 bits per heavy atom. The molecule has 0 fully saturated rings. The van der Waals surface area contributed by atoms with Crippen LogP contribution in [0.25, 0.3) is 0 Å². The molecular formula is C12H15BrN2. The summed E-state index contributed by atoms with van der Waals surface area (Å²) in [7, 11) is 0. The van der Waals surface area contributed by atoms with Crippen molar-refractivity contribution in [2.75, 3.05) is 0 Å². The molecule has 2 N–H and O–H groups in total. The fraction of sp³-hybridized carbons (Fsp3) is 0.167. The summed E-state index contributed by atoms with van der Waals surface area (Å²) in [5, 5.41) is 0. The molecule has 0 aromatic rings. The van der Waals surface area contributed by atoms with Gasteiger partial charge >= 0.3 is 0 Å². The third-order valence-electron chi connectivity index (χ3n) is 1.49. The van der Waals surface area contributed by atoms with E-state index < -0.39 is 0 Å². The van der Waals surface area contributed by atoms with Crippen molar-refractivity contribution in [1.29, 1.82) is 0 Å². The Kier molecular flexibility index (Phi) is 8.31. The van der Waals surface area contributed by atoms with Crippen LogP contribution >= 0.6 is 15.9 Å². The smallest absolute Gasteiger partial charge is 0.0214 e. The van der Waals surface area contributed by atoms with Crippen molar-refractivity contribution in [2.24, 2.45) is 0 Å². The van der Waals surface area contributed by atoms with Gasteiger partial charge in [-0.2, -0.15) is 0 Å². The molecule has 0 aromatic heterocycles. The third kappa shape index (κ3) is 8.92. The summed E-state index contributed by atoms with van der Waals surface area (Å²) in [6, 6.07) is 2.25. The Labute approximate surface area is 99.9 Å². The van der Waals surface area contributed by atoms with E-state index in [4.69, 9.17) is 6.42 Å². The van der Waals surface area contributed by atoms with E-state index >= 15 is 0 Å². The highest BCUT2D eigenvalue weighted by molar-refractivity contribution is 9.11. The van der Waals surface area contributed by atoms with Crippen molar-refractivity contribution in [2.45, 2.75) is 13.3 Å². The van der Waals surface area contributed by atoms with Crippen LogP contribution in [0.3, 0.4) is 0 Å². The van der Waals surface area contributed by atoms with Crippen LogP contribution in [-0.4, -0.2) is 0 Å². The summed E-state index contributed by atoms with van der Waals surface area (Å²) >= 11 is 3.35. The molecule has 0 spiro atoms. The lowest BCUT2D eigenvalue weighted by atomic mass is 10.1. The maximum absolute atomic E-state index is 4.98. The molecule has 0 aliphatic rings. The first-order valence-corrected chi connectivity index (χ1v) is 5.26. The van der Waals surface area contributed by atoms with E-state index in [1.54, 1.807) is 6.20 Å². The minimum absolute atomic E-state index is 0.805. The van der Waals surface area contributed by atoms with Gasteiger partial charge in [-0.3, -0.25) is 5.43 Å². The highest BCUT2D eigenvalue weighted by atomic mass is 79.9. The predicted molar refractivity (Wildman–Crippen MR) is 69.8 cm³/mol. The van der Waals surface area contributed by atoms with Gasteiger partial charge < -0.3 is 5.43 Å². The lowest BCUT2D eigenvalue weighted by Crippen LogP contribution is -2.20. The monoisotopic (exact) mass is 266 g/mol. The van der Waals surface area contributed by atoms with Gasteiger partial charge in [-0.1, -0.05) is 53.2 Å². The molecule has 0 radical (unpaired) electrons. The summed E-state index contributed by atoms with van der Waals surface area (Å²) < 4.78 is 1.08. The summed E-state index contributed by atoms with van der Waals surface area (Å²) in [6.07, 6.45) is 15.3. The van der Waals surface area contributed by atoms with Crippen molar-refractivity contribution >= 4 is 15.9 Å². The fourth-order valence-electron chi connectivity index (χ4n) is 0.779. The van der Waals surface area contributed by atoms with Gasteiger partial charge in [0.15, 0.2) is 0 Å². The molecule has 0 amide bonds. The third-order valence-corrected chi connectivity index (χ3v) is 1.75. The molecule has 0 aromatic carbocycles. The molecule has 80 valence electrons. The molecule has 0 aliphatic heterocycles. The summed E-state index contributed by atoms with van der Waals surface area (Å²) in [6.45, 7) is 5.72. The molecule has 0 saturated carbocycles. The van der Waals surface area contributed by atoms with Crippen LogP contribution in [0.4, 0.5) is 0 Å². The Morgan fingerprint density at radius 3 is 2.80 bits per heavy atom. The Balaban J connectivity index is 4.07. The van der Waals surface area contributed by atoms with Crippen molar-refractivity contribution in [1.82, 2.24) is 10.9 Å². The molecule has 0 unspecified atom stereocenters. The van der Waals surface area contributed by atoms with Gasteiger partial charge in [-0.05, 0) is 23.4 Å². The summed E-state index contributed by atoms with van der Waals surface area (Å²) in [4.78, 5) is 0. The van der Waals surface area contributed by atoms with E-state index in [2.05, 4.69) is 39.4 Å². The van der Waals surface area contributed by atoms with E-state index in [0.717, 1.165) is 16.5 Å². The first kappa shape index (κ1) is 13.6. The first-order chi connectivity index (χ1) is 7.20. The molecule has 3 heteroatoms. The van der Waals surface area contributed by atoms with Gasteiger partial charge in [-0.15, -0.1) is 0 Å². The standard InChI is InChI=1S/C12H15BrN2/c1-4-12(9-8-11(3)13)7-6-10-15-14-5-2/h2,4,6,8-10,14-15H,1,7H2,3H3/b10-6-,11-8+,12-9+. The average Bonchev–Trinajstić information content (AvgIpc) is 2.22. The molecule has 0 bridgehead atoms. The fourth-order valence-corrected chi connectivity index (χ4v) is 0.911. The lowest BCUT2D eigenvalue weighted by Gasteiger charge is -1.96. The van der Waals surface area contributed by atoms with Crippen molar-refractivity contribution in [3.05, 3.63) is 47.1 Å². The minimum atomic E-state index is 0.805. The van der Waals surface area contributed by atoms with Crippen LogP contribution in [0.5, 0.6) is 0 Å². The number of hydrogen-bond acceptors (Lipinski definition) is 2. The Hall–Kier alpha value is -1.40. The quantitative estimate of drug-likeness (QED) is 0.254. The number of nitrogens with one attached hydrogen (secondary N) is 2. The maximum Gasteiger partial charge on any atom is 0.0214 e.